The number of hydrogen-bond donors (Lipinski definition) is 2. The Balaban J connectivity index is 1.56. The number of hydrogen-bond acceptors (Lipinski definition) is 4. The van der Waals surface area contributed by atoms with Crippen molar-refractivity contribution >= 4 is 17.5 Å². The summed E-state index contributed by atoms with van der Waals surface area (Å²) < 4.78 is 0. The number of aromatic nitrogens is 1. The number of fused-ring (bicyclic) bond motifs is 1. The highest BCUT2D eigenvalue weighted by Gasteiger charge is 2.40. The van der Waals surface area contributed by atoms with Crippen LogP contribution in [0.25, 0.3) is 0 Å². The Morgan fingerprint density at radius 2 is 2.12 bits per heavy atom. The van der Waals surface area contributed by atoms with E-state index in [-0.39, 0.29) is 11.3 Å². The Morgan fingerprint density at radius 3 is 2.84 bits per heavy atom. The van der Waals surface area contributed by atoms with E-state index in [1.807, 2.05) is 12.1 Å². The Labute approximate surface area is 145 Å². The summed E-state index contributed by atoms with van der Waals surface area (Å²) in [7, 11) is 0. The van der Waals surface area contributed by atoms with E-state index < -0.39 is 5.91 Å². The maximum atomic E-state index is 12.5. The van der Waals surface area contributed by atoms with Crippen LogP contribution in [0.5, 0.6) is 0 Å². The predicted octanol–water partition coefficient (Wildman–Crippen LogP) is 2.11. The summed E-state index contributed by atoms with van der Waals surface area (Å²) in [5.74, 6) is -0.351. The van der Waals surface area contributed by atoms with Gasteiger partial charge in [-0.3, -0.25) is 19.8 Å². The molecule has 0 bridgehead atoms. The molecule has 1 aliphatic carbocycles. The van der Waals surface area contributed by atoms with Crippen LogP contribution in [0, 0.1) is 5.41 Å². The molecular formula is C19H19N3O3. The minimum atomic E-state index is -0.478. The second kappa shape index (κ2) is 5.97. The molecule has 128 valence electrons. The quantitative estimate of drug-likeness (QED) is 0.649. The van der Waals surface area contributed by atoms with Crippen LogP contribution in [0.2, 0.25) is 0 Å². The average Bonchev–Trinajstić information content (AvgIpc) is 3.00. The number of rotatable bonds is 2. The van der Waals surface area contributed by atoms with Gasteiger partial charge in [0.25, 0.3) is 5.91 Å². The fourth-order valence-electron chi connectivity index (χ4n) is 3.83. The molecule has 1 atom stereocenters. The van der Waals surface area contributed by atoms with Gasteiger partial charge in [0.15, 0.2) is 0 Å². The molecule has 0 radical (unpaired) electrons. The van der Waals surface area contributed by atoms with Gasteiger partial charge in [0.2, 0.25) is 5.91 Å². The molecule has 4 rings (SSSR count). The van der Waals surface area contributed by atoms with Crippen molar-refractivity contribution in [3.63, 3.8) is 0 Å². The molecule has 0 saturated carbocycles. The first-order valence-corrected chi connectivity index (χ1v) is 8.38. The monoisotopic (exact) mass is 337 g/mol. The third kappa shape index (κ3) is 2.89. The first-order chi connectivity index (χ1) is 12.1. The van der Waals surface area contributed by atoms with E-state index in [1.165, 1.54) is 11.8 Å². The SMILES string of the molecule is O=C1C[C@@]2(CCc3cc(C(=O)N(O)c4cccnc4)ccc3C2)CN1. The van der Waals surface area contributed by atoms with Crippen LogP contribution in [0.4, 0.5) is 5.69 Å². The number of anilines is 1. The summed E-state index contributed by atoms with van der Waals surface area (Å²) in [6.07, 6.45) is 6.22. The fourth-order valence-corrected chi connectivity index (χ4v) is 3.83. The summed E-state index contributed by atoms with van der Waals surface area (Å²) in [5, 5.41) is 13.7. The Morgan fingerprint density at radius 1 is 1.24 bits per heavy atom. The van der Waals surface area contributed by atoms with Gasteiger partial charge >= 0.3 is 0 Å². The van der Waals surface area contributed by atoms with Crippen LogP contribution in [-0.2, 0) is 17.6 Å². The zero-order valence-corrected chi connectivity index (χ0v) is 13.7. The predicted molar refractivity (Wildman–Crippen MR) is 91.4 cm³/mol. The lowest BCUT2D eigenvalue weighted by Gasteiger charge is -2.33. The topological polar surface area (TPSA) is 82.5 Å². The fraction of sp³-hybridized carbons (Fsp3) is 0.316. The van der Waals surface area contributed by atoms with Gasteiger partial charge in [0.05, 0.1) is 11.9 Å². The lowest BCUT2D eigenvalue weighted by Crippen LogP contribution is -2.32. The molecule has 6 heteroatoms. The van der Waals surface area contributed by atoms with Gasteiger partial charge in [0.1, 0.15) is 0 Å². The maximum Gasteiger partial charge on any atom is 0.282 e. The number of nitrogens with one attached hydrogen (secondary N) is 1. The van der Waals surface area contributed by atoms with Gasteiger partial charge < -0.3 is 5.32 Å². The molecule has 1 aliphatic heterocycles. The number of carbonyl (C=O) groups is 2. The minimum absolute atomic E-state index is 0.0222. The molecule has 1 fully saturated rings. The van der Waals surface area contributed by atoms with E-state index in [4.69, 9.17) is 0 Å². The molecule has 2 aromatic rings. The van der Waals surface area contributed by atoms with Gasteiger partial charge in [-0.2, -0.15) is 5.06 Å². The van der Waals surface area contributed by atoms with E-state index in [9.17, 15) is 14.8 Å². The molecule has 0 unspecified atom stereocenters. The van der Waals surface area contributed by atoms with E-state index in [0.717, 1.165) is 31.4 Å². The lowest BCUT2D eigenvalue weighted by molar-refractivity contribution is -0.119. The molecule has 2 amide bonds. The van der Waals surface area contributed by atoms with E-state index in [1.54, 1.807) is 24.4 Å². The normalized spacial score (nSPS) is 21.7. The van der Waals surface area contributed by atoms with Gasteiger partial charge in [0, 0.05) is 30.1 Å². The molecule has 2 heterocycles. The first kappa shape index (κ1) is 15.8. The molecule has 1 spiro atoms. The van der Waals surface area contributed by atoms with Crippen LogP contribution in [0.3, 0.4) is 0 Å². The van der Waals surface area contributed by atoms with Crippen LogP contribution in [-0.4, -0.2) is 28.6 Å². The molecule has 1 saturated heterocycles. The summed E-state index contributed by atoms with van der Waals surface area (Å²) in [6.45, 7) is 0.734. The van der Waals surface area contributed by atoms with Crippen molar-refractivity contribution in [1.29, 1.82) is 0 Å². The van der Waals surface area contributed by atoms with Crippen molar-refractivity contribution in [2.45, 2.75) is 25.7 Å². The zero-order valence-electron chi connectivity index (χ0n) is 13.7. The van der Waals surface area contributed by atoms with Crippen LogP contribution in [0.1, 0.15) is 34.3 Å². The Bertz CT molecular complexity index is 837. The minimum Gasteiger partial charge on any atom is -0.356 e. The number of nitrogens with zero attached hydrogens (tertiary/aromatic N) is 2. The second-order valence-corrected chi connectivity index (χ2v) is 6.94. The number of amides is 2. The van der Waals surface area contributed by atoms with Crippen molar-refractivity contribution < 1.29 is 14.8 Å². The smallest absolute Gasteiger partial charge is 0.282 e. The molecule has 2 N–H and O–H groups in total. The summed E-state index contributed by atoms with van der Waals surface area (Å²) in [4.78, 5) is 28.0. The molecule has 1 aromatic heterocycles. The van der Waals surface area contributed by atoms with E-state index >= 15 is 0 Å². The number of benzene rings is 1. The van der Waals surface area contributed by atoms with Gasteiger partial charge in [-0.25, -0.2) is 0 Å². The molecular weight excluding hydrogens is 318 g/mol. The van der Waals surface area contributed by atoms with Crippen molar-refractivity contribution in [2.75, 3.05) is 11.6 Å². The summed E-state index contributed by atoms with van der Waals surface area (Å²) >= 11 is 0. The lowest BCUT2D eigenvalue weighted by atomic mass is 9.71. The van der Waals surface area contributed by atoms with E-state index in [2.05, 4.69) is 10.3 Å². The highest BCUT2D eigenvalue weighted by atomic mass is 16.5. The number of pyridine rings is 1. The third-order valence-corrected chi connectivity index (χ3v) is 5.22. The van der Waals surface area contributed by atoms with Crippen molar-refractivity contribution in [3.8, 4) is 0 Å². The van der Waals surface area contributed by atoms with Crippen LogP contribution >= 0.6 is 0 Å². The first-order valence-electron chi connectivity index (χ1n) is 8.38. The number of aryl methyl sites for hydroxylation is 1. The number of hydroxylamine groups is 1. The highest BCUT2D eigenvalue weighted by molar-refractivity contribution is 6.04. The highest BCUT2D eigenvalue weighted by Crippen LogP contribution is 2.40. The van der Waals surface area contributed by atoms with Gasteiger partial charge in [-0.1, -0.05) is 6.07 Å². The van der Waals surface area contributed by atoms with E-state index in [0.29, 0.717) is 22.7 Å². The maximum absolute atomic E-state index is 12.5. The standard InChI is InChI=1S/C19H19N3O3/c23-17-10-19(12-21-17)6-5-13-8-14(3-4-15(13)9-19)18(24)22(25)16-2-1-7-20-11-16/h1-4,7-8,11,25H,5-6,9-10,12H2,(H,21,23)/t19-/m0/s1. The van der Waals surface area contributed by atoms with Crippen molar-refractivity contribution in [3.05, 3.63) is 59.4 Å². The second-order valence-electron chi connectivity index (χ2n) is 6.94. The van der Waals surface area contributed by atoms with Crippen LogP contribution < -0.4 is 10.4 Å². The zero-order chi connectivity index (χ0) is 17.4. The molecule has 25 heavy (non-hydrogen) atoms. The van der Waals surface area contributed by atoms with Crippen molar-refractivity contribution in [2.24, 2.45) is 5.41 Å². The molecule has 6 nitrogen and oxygen atoms in total. The molecule has 1 aromatic carbocycles. The average molecular weight is 337 g/mol. The third-order valence-electron chi connectivity index (χ3n) is 5.22. The van der Waals surface area contributed by atoms with Gasteiger partial charge in [-0.15, -0.1) is 0 Å². The van der Waals surface area contributed by atoms with Crippen LogP contribution in [0.15, 0.2) is 42.7 Å². The summed E-state index contributed by atoms with van der Waals surface area (Å²) in [6, 6.07) is 8.83. The van der Waals surface area contributed by atoms with Crippen molar-refractivity contribution in [1.82, 2.24) is 10.3 Å². The largest absolute Gasteiger partial charge is 0.356 e. The molecule has 2 aliphatic rings. The Hall–Kier alpha value is -2.73. The summed E-state index contributed by atoms with van der Waals surface area (Å²) in [5.41, 5.74) is 3.11. The Kier molecular flexibility index (Phi) is 3.77. The van der Waals surface area contributed by atoms with Gasteiger partial charge in [-0.05, 0) is 54.7 Å². The number of carbonyl (C=O) groups excluding carboxylic acids is 2.